The van der Waals surface area contributed by atoms with Crippen LogP contribution in [0.3, 0.4) is 0 Å². The van der Waals surface area contributed by atoms with Crippen molar-refractivity contribution in [2.75, 3.05) is 11.1 Å². The maximum Gasteiger partial charge on any atom is 0.127 e. The molecule has 0 aliphatic heterocycles. The molecule has 2 rings (SSSR count). The van der Waals surface area contributed by atoms with Crippen molar-refractivity contribution in [1.82, 2.24) is 0 Å². The van der Waals surface area contributed by atoms with Crippen molar-refractivity contribution in [3.63, 3.8) is 0 Å². The van der Waals surface area contributed by atoms with Crippen LogP contribution in [-0.2, 0) is 0 Å². The molecule has 0 aliphatic carbocycles. The molecule has 0 aromatic heterocycles. The van der Waals surface area contributed by atoms with Crippen LogP contribution < -0.4 is 11.1 Å². The lowest BCUT2D eigenvalue weighted by Gasteiger charge is -2.08. The van der Waals surface area contributed by atoms with Crippen LogP contribution in [0, 0.1) is 28.5 Å². The van der Waals surface area contributed by atoms with Gasteiger partial charge in [-0.25, -0.2) is 4.39 Å². The van der Waals surface area contributed by atoms with Crippen LogP contribution in [0.5, 0.6) is 0 Å². The molecule has 0 atom stereocenters. The predicted molar refractivity (Wildman–Crippen MR) is 70.0 cm³/mol. The van der Waals surface area contributed by atoms with E-state index in [1.807, 2.05) is 12.1 Å². The third-order valence-corrected chi connectivity index (χ3v) is 2.47. The summed E-state index contributed by atoms with van der Waals surface area (Å²) < 4.78 is 13.2. The van der Waals surface area contributed by atoms with Gasteiger partial charge in [0.25, 0.3) is 0 Å². The molecule has 3 N–H and O–H groups in total. The number of halogens is 1. The Hall–Kier alpha value is -3.05. The fourth-order valence-electron chi connectivity index (χ4n) is 1.66. The highest BCUT2D eigenvalue weighted by molar-refractivity contribution is 5.66. The Bertz CT molecular complexity index is 690. The van der Waals surface area contributed by atoms with Gasteiger partial charge in [0, 0.05) is 17.1 Å². The van der Waals surface area contributed by atoms with Crippen molar-refractivity contribution in [2.45, 2.75) is 0 Å². The van der Waals surface area contributed by atoms with E-state index in [0.29, 0.717) is 22.6 Å². The largest absolute Gasteiger partial charge is 0.399 e. The Balaban J connectivity index is 2.34. The second kappa shape index (κ2) is 5.07. The lowest BCUT2D eigenvalue weighted by molar-refractivity contribution is 0.629. The number of hydrogen-bond donors (Lipinski definition) is 2. The van der Waals surface area contributed by atoms with Gasteiger partial charge in [0.1, 0.15) is 18.0 Å². The third kappa shape index (κ3) is 2.80. The number of nitriles is 2. The number of rotatable bonds is 2. The quantitative estimate of drug-likeness (QED) is 0.804. The Labute approximate surface area is 109 Å². The molecule has 0 bridgehead atoms. The highest BCUT2D eigenvalue weighted by Gasteiger charge is 2.04. The van der Waals surface area contributed by atoms with Gasteiger partial charge in [-0.2, -0.15) is 10.5 Å². The summed E-state index contributed by atoms with van der Waals surface area (Å²) in [7, 11) is 0. The molecule has 0 amide bonds. The molecule has 0 heterocycles. The second-order valence-electron chi connectivity index (χ2n) is 3.88. The first-order valence-corrected chi connectivity index (χ1v) is 5.39. The van der Waals surface area contributed by atoms with Crippen LogP contribution in [0.4, 0.5) is 21.5 Å². The lowest BCUT2D eigenvalue weighted by Crippen LogP contribution is -1.95. The van der Waals surface area contributed by atoms with Gasteiger partial charge in [0.2, 0.25) is 0 Å². The van der Waals surface area contributed by atoms with Gasteiger partial charge in [-0.05, 0) is 36.4 Å². The normalized spacial score (nSPS) is 9.42. The zero-order valence-corrected chi connectivity index (χ0v) is 9.81. The van der Waals surface area contributed by atoms with Crippen molar-refractivity contribution in [1.29, 1.82) is 10.5 Å². The van der Waals surface area contributed by atoms with E-state index in [1.165, 1.54) is 24.3 Å². The molecule has 0 saturated carbocycles. The topological polar surface area (TPSA) is 85.6 Å². The van der Waals surface area contributed by atoms with E-state index in [2.05, 4.69) is 5.32 Å². The van der Waals surface area contributed by atoms with Crippen LogP contribution in [-0.4, -0.2) is 0 Å². The maximum absolute atomic E-state index is 13.2. The lowest BCUT2D eigenvalue weighted by atomic mass is 10.1. The van der Waals surface area contributed by atoms with Gasteiger partial charge in [-0.1, -0.05) is 0 Å². The van der Waals surface area contributed by atoms with E-state index in [4.69, 9.17) is 16.3 Å². The number of nitrogens with one attached hydrogen (secondary N) is 1. The van der Waals surface area contributed by atoms with Crippen LogP contribution in [0.1, 0.15) is 11.1 Å². The van der Waals surface area contributed by atoms with Gasteiger partial charge in [-0.3, -0.25) is 0 Å². The minimum Gasteiger partial charge on any atom is -0.399 e. The van der Waals surface area contributed by atoms with Crippen molar-refractivity contribution in [3.05, 3.63) is 53.3 Å². The molecule has 0 fully saturated rings. The Morgan fingerprint density at radius 2 is 1.68 bits per heavy atom. The SMILES string of the molecule is N#Cc1ccc(Nc2cc(N)cc(F)c2)cc1C#N. The molecule has 2 aromatic carbocycles. The second-order valence-corrected chi connectivity index (χ2v) is 3.88. The van der Waals surface area contributed by atoms with E-state index >= 15 is 0 Å². The van der Waals surface area contributed by atoms with E-state index in [0.717, 1.165) is 0 Å². The minimum absolute atomic E-state index is 0.261. The zero-order chi connectivity index (χ0) is 13.8. The minimum atomic E-state index is -0.448. The molecule has 0 radical (unpaired) electrons. The number of anilines is 3. The summed E-state index contributed by atoms with van der Waals surface area (Å²) >= 11 is 0. The Kier molecular flexibility index (Phi) is 3.31. The average molecular weight is 252 g/mol. The van der Waals surface area contributed by atoms with Gasteiger partial charge in [0.15, 0.2) is 0 Å². The number of nitrogens with zero attached hydrogens (tertiary/aromatic N) is 2. The third-order valence-electron chi connectivity index (χ3n) is 2.47. The molecule has 0 unspecified atom stereocenters. The van der Waals surface area contributed by atoms with Crippen molar-refractivity contribution in [2.24, 2.45) is 0 Å². The summed E-state index contributed by atoms with van der Waals surface area (Å²) in [6.45, 7) is 0. The monoisotopic (exact) mass is 252 g/mol. The molecular weight excluding hydrogens is 243 g/mol. The van der Waals surface area contributed by atoms with Crippen molar-refractivity contribution < 1.29 is 4.39 Å². The fourth-order valence-corrected chi connectivity index (χ4v) is 1.66. The average Bonchev–Trinajstić information content (AvgIpc) is 2.37. The predicted octanol–water partition coefficient (Wildman–Crippen LogP) is 2.89. The highest BCUT2D eigenvalue weighted by atomic mass is 19.1. The van der Waals surface area contributed by atoms with E-state index in [1.54, 1.807) is 12.1 Å². The summed E-state index contributed by atoms with van der Waals surface area (Å²) in [5.41, 5.74) is 7.46. The summed E-state index contributed by atoms with van der Waals surface area (Å²) in [6.07, 6.45) is 0. The number of nitrogens with two attached hydrogens (primary N) is 1. The molecule has 0 spiro atoms. The summed E-state index contributed by atoms with van der Waals surface area (Å²) in [4.78, 5) is 0. The van der Waals surface area contributed by atoms with Crippen LogP contribution >= 0.6 is 0 Å². The summed E-state index contributed by atoms with van der Waals surface area (Å²) in [5.74, 6) is -0.448. The smallest absolute Gasteiger partial charge is 0.127 e. The molecule has 0 aliphatic rings. The van der Waals surface area contributed by atoms with E-state index in [-0.39, 0.29) is 5.56 Å². The molecule has 19 heavy (non-hydrogen) atoms. The van der Waals surface area contributed by atoms with Gasteiger partial charge in [0.05, 0.1) is 11.1 Å². The first kappa shape index (κ1) is 12.4. The summed E-state index contributed by atoms with van der Waals surface area (Å²) in [6, 6.07) is 12.6. The Morgan fingerprint density at radius 1 is 0.947 bits per heavy atom. The molecule has 2 aromatic rings. The Morgan fingerprint density at radius 3 is 2.32 bits per heavy atom. The first-order chi connectivity index (χ1) is 9.12. The van der Waals surface area contributed by atoms with Crippen LogP contribution in [0.2, 0.25) is 0 Å². The van der Waals surface area contributed by atoms with E-state index in [9.17, 15) is 4.39 Å². The van der Waals surface area contributed by atoms with Gasteiger partial charge in [-0.15, -0.1) is 0 Å². The van der Waals surface area contributed by atoms with Crippen molar-refractivity contribution >= 4 is 17.1 Å². The number of benzene rings is 2. The van der Waals surface area contributed by atoms with Gasteiger partial charge < -0.3 is 11.1 Å². The fraction of sp³-hybridized carbons (Fsp3) is 0. The molecular formula is C14H9FN4. The molecule has 92 valence electrons. The van der Waals surface area contributed by atoms with Crippen molar-refractivity contribution in [3.8, 4) is 12.1 Å². The zero-order valence-electron chi connectivity index (χ0n) is 9.81. The van der Waals surface area contributed by atoms with E-state index < -0.39 is 5.82 Å². The first-order valence-electron chi connectivity index (χ1n) is 5.39. The van der Waals surface area contributed by atoms with Crippen LogP contribution in [0.25, 0.3) is 0 Å². The van der Waals surface area contributed by atoms with Gasteiger partial charge >= 0.3 is 0 Å². The van der Waals surface area contributed by atoms with Crippen LogP contribution in [0.15, 0.2) is 36.4 Å². The maximum atomic E-state index is 13.2. The highest BCUT2D eigenvalue weighted by Crippen LogP contribution is 2.22. The molecule has 0 saturated heterocycles. The summed E-state index contributed by atoms with van der Waals surface area (Å²) in [5, 5.41) is 20.7. The number of nitrogen functional groups attached to an aromatic ring is 1. The molecule has 5 heteroatoms. The standard InChI is InChI=1S/C14H9FN4/c15-11-4-12(18)6-14(5-11)19-13-2-1-9(7-16)10(3-13)8-17/h1-6,19H,18H2. The molecule has 4 nitrogen and oxygen atoms in total. The number of hydrogen-bond acceptors (Lipinski definition) is 4.